The summed E-state index contributed by atoms with van der Waals surface area (Å²) in [5, 5.41) is 4.40. The summed E-state index contributed by atoms with van der Waals surface area (Å²) < 4.78 is 1.46. The molecule has 0 N–H and O–H groups in total. The van der Waals surface area contributed by atoms with Gasteiger partial charge in [0.25, 0.3) is 5.56 Å². The molecular weight excluding hydrogens is 226 g/mol. The number of hydrogen-bond acceptors (Lipinski definition) is 3. The number of aromatic nitrogens is 3. The van der Waals surface area contributed by atoms with Crippen LogP contribution in [0.4, 0.5) is 0 Å². The Hall–Kier alpha value is -1.97. The van der Waals surface area contributed by atoms with E-state index in [9.17, 15) is 4.79 Å². The lowest BCUT2D eigenvalue weighted by Gasteiger charge is -2.18. The fourth-order valence-electron chi connectivity index (χ4n) is 1.61. The van der Waals surface area contributed by atoms with Gasteiger partial charge in [-0.15, -0.1) is 0 Å². The largest absolute Gasteiger partial charge is 0.268 e. The van der Waals surface area contributed by atoms with Crippen LogP contribution in [0.15, 0.2) is 41.3 Å². The first kappa shape index (κ1) is 12.5. The van der Waals surface area contributed by atoms with E-state index >= 15 is 0 Å². The Kier molecular flexibility index (Phi) is 3.28. The van der Waals surface area contributed by atoms with Crippen LogP contribution in [0.5, 0.6) is 0 Å². The van der Waals surface area contributed by atoms with E-state index in [0.29, 0.717) is 6.54 Å². The van der Waals surface area contributed by atoms with Crippen molar-refractivity contribution in [3.63, 3.8) is 0 Å². The molecule has 0 saturated carbocycles. The summed E-state index contributed by atoms with van der Waals surface area (Å²) in [4.78, 5) is 16.0. The maximum atomic E-state index is 11.8. The molecule has 0 aliphatic rings. The Bertz CT molecular complexity index is 582. The van der Waals surface area contributed by atoms with Crippen LogP contribution in [0.1, 0.15) is 32.2 Å². The van der Waals surface area contributed by atoms with Gasteiger partial charge in [-0.25, -0.2) is 4.68 Å². The predicted octanol–water partition coefficient (Wildman–Crippen LogP) is 1.98. The van der Waals surface area contributed by atoms with Gasteiger partial charge in [0.2, 0.25) is 0 Å². The monoisotopic (exact) mass is 243 g/mol. The molecule has 0 spiro atoms. The molecule has 2 aromatic rings. The van der Waals surface area contributed by atoms with Crippen molar-refractivity contribution in [1.29, 1.82) is 0 Å². The molecule has 2 heterocycles. The minimum absolute atomic E-state index is 0.0699. The summed E-state index contributed by atoms with van der Waals surface area (Å²) in [5.41, 5.74) is 1.56. The molecule has 2 aromatic heterocycles. The van der Waals surface area contributed by atoms with Crippen LogP contribution >= 0.6 is 0 Å². The maximum absolute atomic E-state index is 11.8. The van der Waals surface area contributed by atoms with E-state index in [0.717, 1.165) is 11.4 Å². The summed E-state index contributed by atoms with van der Waals surface area (Å²) in [7, 11) is 0. The van der Waals surface area contributed by atoms with Gasteiger partial charge in [0.15, 0.2) is 0 Å². The summed E-state index contributed by atoms with van der Waals surface area (Å²) in [6.45, 7) is 6.63. The number of pyridine rings is 1. The van der Waals surface area contributed by atoms with Crippen molar-refractivity contribution < 1.29 is 0 Å². The minimum atomic E-state index is -0.103. The molecule has 0 aliphatic heterocycles. The second-order valence-corrected chi connectivity index (χ2v) is 5.29. The van der Waals surface area contributed by atoms with Crippen molar-refractivity contribution >= 4 is 0 Å². The first-order chi connectivity index (χ1) is 8.47. The van der Waals surface area contributed by atoms with Gasteiger partial charge in [-0.3, -0.25) is 9.78 Å². The highest BCUT2D eigenvalue weighted by Gasteiger charge is 2.16. The van der Waals surface area contributed by atoms with E-state index in [1.54, 1.807) is 18.3 Å². The number of nitrogens with zero attached hydrogens (tertiary/aromatic N) is 3. The minimum Gasteiger partial charge on any atom is -0.268 e. The molecule has 0 saturated heterocycles. The van der Waals surface area contributed by atoms with Gasteiger partial charge in [0, 0.05) is 17.7 Å². The lowest BCUT2D eigenvalue weighted by molar-refractivity contribution is 0.515. The molecule has 0 radical (unpaired) electrons. The van der Waals surface area contributed by atoms with Crippen LogP contribution in [0, 0.1) is 0 Å². The van der Waals surface area contributed by atoms with E-state index in [1.165, 1.54) is 4.68 Å². The van der Waals surface area contributed by atoms with E-state index < -0.39 is 0 Å². The fraction of sp³-hybridized carbons (Fsp3) is 0.357. The van der Waals surface area contributed by atoms with Crippen LogP contribution in [-0.4, -0.2) is 14.8 Å². The SMILES string of the molecule is CC(C)(C)c1ccc(=O)n(Cc2ccccn2)n1. The molecule has 0 fully saturated rings. The van der Waals surface area contributed by atoms with Gasteiger partial charge >= 0.3 is 0 Å². The van der Waals surface area contributed by atoms with E-state index in [4.69, 9.17) is 0 Å². The van der Waals surface area contributed by atoms with Crippen molar-refractivity contribution in [2.24, 2.45) is 0 Å². The average Bonchev–Trinajstić information content (AvgIpc) is 2.32. The molecule has 0 amide bonds. The van der Waals surface area contributed by atoms with Gasteiger partial charge in [-0.2, -0.15) is 5.10 Å². The highest BCUT2D eigenvalue weighted by atomic mass is 16.1. The third kappa shape index (κ3) is 2.83. The first-order valence-electron chi connectivity index (χ1n) is 5.95. The van der Waals surface area contributed by atoms with Crippen molar-refractivity contribution in [3.05, 3.63) is 58.3 Å². The lowest BCUT2D eigenvalue weighted by Crippen LogP contribution is -2.27. The Morgan fingerprint density at radius 3 is 2.56 bits per heavy atom. The maximum Gasteiger partial charge on any atom is 0.267 e. The normalized spacial score (nSPS) is 11.5. The van der Waals surface area contributed by atoms with Crippen molar-refractivity contribution in [1.82, 2.24) is 14.8 Å². The molecule has 4 heteroatoms. The molecule has 18 heavy (non-hydrogen) atoms. The molecule has 94 valence electrons. The highest BCUT2D eigenvalue weighted by Crippen LogP contribution is 2.18. The van der Waals surface area contributed by atoms with Gasteiger partial charge in [-0.05, 0) is 18.2 Å². The Labute approximate surface area is 106 Å². The van der Waals surface area contributed by atoms with Crippen LogP contribution < -0.4 is 5.56 Å². The molecule has 0 aliphatic carbocycles. The van der Waals surface area contributed by atoms with Gasteiger partial charge in [-0.1, -0.05) is 26.8 Å². The quantitative estimate of drug-likeness (QED) is 0.810. The molecule has 0 aromatic carbocycles. The third-order valence-electron chi connectivity index (χ3n) is 2.67. The van der Waals surface area contributed by atoms with Gasteiger partial charge in [0.1, 0.15) is 0 Å². The van der Waals surface area contributed by atoms with Crippen LogP contribution in [0.2, 0.25) is 0 Å². The average molecular weight is 243 g/mol. The highest BCUT2D eigenvalue weighted by molar-refractivity contribution is 5.11. The van der Waals surface area contributed by atoms with E-state index in [1.807, 2.05) is 18.2 Å². The van der Waals surface area contributed by atoms with E-state index in [2.05, 4.69) is 30.9 Å². The summed E-state index contributed by atoms with van der Waals surface area (Å²) in [6.07, 6.45) is 1.72. The topological polar surface area (TPSA) is 47.8 Å². The summed E-state index contributed by atoms with van der Waals surface area (Å²) in [5.74, 6) is 0. The van der Waals surface area contributed by atoms with Crippen molar-refractivity contribution in [2.75, 3.05) is 0 Å². The van der Waals surface area contributed by atoms with Crippen molar-refractivity contribution in [2.45, 2.75) is 32.7 Å². The molecule has 0 atom stereocenters. The molecule has 4 nitrogen and oxygen atoms in total. The molecular formula is C14H17N3O. The summed E-state index contributed by atoms with van der Waals surface area (Å²) >= 11 is 0. The molecule has 0 unspecified atom stereocenters. The zero-order valence-corrected chi connectivity index (χ0v) is 10.9. The van der Waals surface area contributed by atoms with Crippen LogP contribution in [-0.2, 0) is 12.0 Å². The molecule has 2 rings (SSSR count). The van der Waals surface area contributed by atoms with Gasteiger partial charge in [0.05, 0.1) is 17.9 Å². The Morgan fingerprint density at radius 1 is 1.17 bits per heavy atom. The third-order valence-corrected chi connectivity index (χ3v) is 2.67. The number of rotatable bonds is 2. The second kappa shape index (κ2) is 4.72. The van der Waals surface area contributed by atoms with Crippen LogP contribution in [0.3, 0.4) is 0 Å². The van der Waals surface area contributed by atoms with E-state index in [-0.39, 0.29) is 11.0 Å². The zero-order valence-electron chi connectivity index (χ0n) is 10.9. The summed E-state index contributed by atoms with van der Waals surface area (Å²) in [6, 6.07) is 9.00. The van der Waals surface area contributed by atoms with Crippen LogP contribution in [0.25, 0.3) is 0 Å². The lowest BCUT2D eigenvalue weighted by atomic mass is 9.92. The predicted molar refractivity (Wildman–Crippen MR) is 70.5 cm³/mol. The standard InChI is InChI=1S/C14H17N3O/c1-14(2,3)12-7-8-13(18)17(16-12)10-11-6-4-5-9-15-11/h4-9H,10H2,1-3H3. The zero-order chi connectivity index (χ0) is 13.2. The Morgan fingerprint density at radius 2 is 1.94 bits per heavy atom. The fourth-order valence-corrected chi connectivity index (χ4v) is 1.61. The Balaban J connectivity index is 2.36. The number of hydrogen-bond donors (Lipinski definition) is 0. The van der Waals surface area contributed by atoms with Gasteiger partial charge < -0.3 is 0 Å². The molecule has 0 bridgehead atoms. The smallest absolute Gasteiger partial charge is 0.267 e. The first-order valence-corrected chi connectivity index (χ1v) is 5.95. The second-order valence-electron chi connectivity index (χ2n) is 5.29. The van der Waals surface area contributed by atoms with Crippen molar-refractivity contribution in [3.8, 4) is 0 Å².